The van der Waals surface area contributed by atoms with Crippen LogP contribution in [0.4, 0.5) is 0 Å². The van der Waals surface area contributed by atoms with Gasteiger partial charge in [-0.25, -0.2) is 0 Å². The molecule has 0 bridgehead atoms. The third kappa shape index (κ3) is 1.94. The van der Waals surface area contributed by atoms with Crippen LogP contribution in [-0.2, 0) is 0 Å². The second-order valence-corrected chi connectivity index (χ2v) is 12.8. The molecule has 0 spiro atoms. The summed E-state index contributed by atoms with van der Waals surface area (Å²) in [5.41, 5.74) is 2.72. The standard InChI is InChI=1S/C7H19NSi2/c1-8(2)7-5-10(3,4)6-9-7/h7H,5-6,9H2,1-4H3. The predicted octanol–water partition coefficient (Wildman–Crippen LogP) is 0.722. The summed E-state index contributed by atoms with van der Waals surface area (Å²) in [6.45, 7) is 5.09. The van der Waals surface area contributed by atoms with Crippen molar-refractivity contribution in [2.75, 3.05) is 14.1 Å². The molecule has 0 aliphatic carbocycles. The Morgan fingerprint density at radius 3 is 2.20 bits per heavy atom. The Labute approximate surface area is 67.6 Å². The maximum absolute atomic E-state index is 2.55. The second-order valence-electron chi connectivity index (χ2n) is 4.52. The van der Waals surface area contributed by atoms with Crippen LogP contribution >= 0.6 is 0 Å². The van der Waals surface area contributed by atoms with E-state index >= 15 is 0 Å². The highest BCUT2D eigenvalue weighted by Gasteiger charge is 2.33. The summed E-state index contributed by atoms with van der Waals surface area (Å²) < 4.78 is 0. The maximum Gasteiger partial charge on any atom is 0.0455 e. The molecule has 0 amide bonds. The first-order valence-electron chi connectivity index (χ1n) is 4.18. The molecule has 0 N–H and O–H groups in total. The van der Waals surface area contributed by atoms with E-state index in [-0.39, 0.29) is 0 Å². The average molecular weight is 173 g/mol. The van der Waals surface area contributed by atoms with Crippen LogP contribution in [0, 0.1) is 0 Å². The van der Waals surface area contributed by atoms with Crippen LogP contribution in [0.5, 0.6) is 0 Å². The van der Waals surface area contributed by atoms with E-state index < -0.39 is 8.07 Å². The Hall–Kier alpha value is 0.394. The van der Waals surface area contributed by atoms with Gasteiger partial charge < -0.3 is 4.90 Å². The van der Waals surface area contributed by atoms with Crippen molar-refractivity contribution < 1.29 is 0 Å². The molecule has 0 aromatic carbocycles. The van der Waals surface area contributed by atoms with E-state index in [1.54, 1.807) is 11.7 Å². The van der Waals surface area contributed by atoms with Crippen LogP contribution < -0.4 is 0 Å². The third-order valence-electron chi connectivity index (χ3n) is 2.67. The van der Waals surface area contributed by atoms with Crippen LogP contribution in [0.1, 0.15) is 0 Å². The van der Waals surface area contributed by atoms with Crippen LogP contribution in [0.2, 0.25) is 24.8 Å². The van der Waals surface area contributed by atoms with Gasteiger partial charge in [-0.1, -0.05) is 18.8 Å². The van der Waals surface area contributed by atoms with E-state index in [9.17, 15) is 0 Å². The molecule has 1 nitrogen and oxygen atoms in total. The fourth-order valence-corrected chi connectivity index (χ4v) is 12.4. The van der Waals surface area contributed by atoms with Crippen molar-refractivity contribution in [2.24, 2.45) is 0 Å². The molecule has 1 saturated heterocycles. The maximum atomic E-state index is 2.55. The van der Waals surface area contributed by atoms with Crippen LogP contribution in [-0.4, -0.2) is 42.3 Å². The van der Waals surface area contributed by atoms with Crippen molar-refractivity contribution in [1.29, 1.82) is 0 Å². The molecule has 1 heterocycles. The van der Waals surface area contributed by atoms with Crippen molar-refractivity contribution >= 4 is 17.6 Å². The van der Waals surface area contributed by atoms with Crippen molar-refractivity contribution in [1.82, 2.24) is 4.90 Å². The van der Waals surface area contributed by atoms with Gasteiger partial charge in [0.05, 0.1) is 0 Å². The largest absolute Gasteiger partial charge is 0.310 e. The van der Waals surface area contributed by atoms with Gasteiger partial charge in [0.1, 0.15) is 0 Å². The minimum atomic E-state index is -0.646. The molecule has 1 aliphatic heterocycles. The molecule has 10 heavy (non-hydrogen) atoms. The summed E-state index contributed by atoms with van der Waals surface area (Å²) in [6, 6.07) is 1.58. The first-order valence-corrected chi connectivity index (χ1v) is 9.41. The fraction of sp³-hybridized carbons (Fsp3) is 1.00. The molecule has 1 fully saturated rings. The van der Waals surface area contributed by atoms with Crippen molar-refractivity contribution in [3.63, 3.8) is 0 Å². The normalized spacial score (nSPS) is 33.9. The Kier molecular flexibility index (Phi) is 2.37. The molecule has 0 aromatic rings. The van der Waals surface area contributed by atoms with Gasteiger partial charge in [-0.05, 0) is 25.8 Å². The first kappa shape index (κ1) is 8.49. The zero-order chi connectivity index (χ0) is 7.78. The van der Waals surface area contributed by atoms with Crippen molar-refractivity contribution in [3.05, 3.63) is 0 Å². The van der Waals surface area contributed by atoms with Gasteiger partial charge in [-0.3, -0.25) is 0 Å². The van der Waals surface area contributed by atoms with Gasteiger partial charge in [-0.2, -0.15) is 0 Å². The highest BCUT2D eigenvalue weighted by Crippen LogP contribution is 2.26. The van der Waals surface area contributed by atoms with Crippen LogP contribution in [0.15, 0.2) is 0 Å². The zero-order valence-corrected chi connectivity index (χ0v) is 10.1. The molecular formula is C7H19NSi2. The Morgan fingerprint density at radius 1 is 1.40 bits per heavy atom. The van der Waals surface area contributed by atoms with E-state index in [0.717, 1.165) is 5.67 Å². The van der Waals surface area contributed by atoms with E-state index in [0.29, 0.717) is 9.52 Å². The molecule has 0 aromatic heterocycles. The molecule has 1 atom stereocenters. The van der Waals surface area contributed by atoms with Gasteiger partial charge in [0.25, 0.3) is 0 Å². The second kappa shape index (κ2) is 2.79. The van der Waals surface area contributed by atoms with Gasteiger partial charge in [0, 0.05) is 17.6 Å². The van der Waals surface area contributed by atoms with E-state index in [2.05, 4.69) is 32.1 Å². The van der Waals surface area contributed by atoms with E-state index in [1.807, 2.05) is 0 Å². The Balaban J connectivity index is 2.43. The quantitative estimate of drug-likeness (QED) is 0.528. The summed E-state index contributed by atoms with van der Waals surface area (Å²) in [4.78, 5) is 2.45. The lowest BCUT2D eigenvalue weighted by Crippen LogP contribution is -2.30. The smallest absolute Gasteiger partial charge is 0.0455 e. The minimum absolute atomic E-state index is 0.293. The number of hydrogen-bond donors (Lipinski definition) is 0. The molecule has 1 rings (SSSR count). The minimum Gasteiger partial charge on any atom is -0.310 e. The fourth-order valence-electron chi connectivity index (χ4n) is 1.84. The highest BCUT2D eigenvalue weighted by molar-refractivity contribution is 6.88. The molecule has 3 heteroatoms. The molecule has 1 unspecified atom stereocenters. The lowest BCUT2D eigenvalue weighted by atomic mass is 10.7. The summed E-state index contributed by atoms with van der Waals surface area (Å²) >= 11 is 0. The third-order valence-corrected chi connectivity index (χ3v) is 13.1. The first-order chi connectivity index (χ1) is 4.51. The average Bonchev–Trinajstić information content (AvgIpc) is 2.10. The van der Waals surface area contributed by atoms with Gasteiger partial charge >= 0.3 is 0 Å². The summed E-state index contributed by atoms with van der Waals surface area (Å²) in [7, 11) is 4.13. The lowest BCUT2D eigenvalue weighted by molar-refractivity contribution is 0.393. The summed E-state index contributed by atoms with van der Waals surface area (Å²) in [6.07, 6.45) is 0. The van der Waals surface area contributed by atoms with Gasteiger partial charge in [0.15, 0.2) is 0 Å². The van der Waals surface area contributed by atoms with Crippen molar-refractivity contribution in [3.8, 4) is 0 Å². The molecular weight excluding hydrogens is 154 g/mol. The zero-order valence-electron chi connectivity index (χ0n) is 7.65. The molecule has 0 radical (unpaired) electrons. The van der Waals surface area contributed by atoms with Gasteiger partial charge in [-0.15, -0.1) is 0 Å². The highest BCUT2D eigenvalue weighted by atomic mass is 28.4. The Morgan fingerprint density at radius 2 is 2.00 bits per heavy atom. The summed E-state index contributed by atoms with van der Waals surface area (Å²) in [5.74, 6) is 0. The molecule has 0 saturated carbocycles. The van der Waals surface area contributed by atoms with E-state index in [1.165, 1.54) is 0 Å². The van der Waals surface area contributed by atoms with E-state index in [4.69, 9.17) is 0 Å². The van der Waals surface area contributed by atoms with Crippen LogP contribution in [0.3, 0.4) is 0 Å². The predicted molar refractivity (Wildman–Crippen MR) is 53.1 cm³/mol. The molecule has 60 valence electrons. The molecule has 1 aliphatic rings. The van der Waals surface area contributed by atoms with Crippen LogP contribution in [0.25, 0.3) is 0 Å². The SMILES string of the molecule is CN(C)C1C[Si](C)(C)C[SiH2]1. The van der Waals surface area contributed by atoms with Gasteiger partial charge in [0.2, 0.25) is 0 Å². The number of rotatable bonds is 1. The number of nitrogens with zero attached hydrogens (tertiary/aromatic N) is 1. The Bertz CT molecular complexity index is 123. The monoisotopic (exact) mass is 173 g/mol. The number of hydrogen-bond acceptors (Lipinski definition) is 1. The summed E-state index contributed by atoms with van der Waals surface area (Å²) in [5, 5.41) is 0. The van der Waals surface area contributed by atoms with Crippen molar-refractivity contribution in [2.45, 2.75) is 30.5 Å². The lowest BCUT2D eigenvalue weighted by Gasteiger charge is -2.20. The topological polar surface area (TPSA) is 3.24 Å².